The monoisotopic (exact) mass is 484 g/mol. The van der Waals surface area contributed by atoms with E-state index in [2.05, 4.69) is 131 Å². The smallest absolute Gasteiger partial charge is 0.177 e. The molecule has 2 spiro atoms. The van der Waals surface area contributed by atoms with Crippen molar-refractivity contribution in [2.75, 3.05) is 0 Å². The van der Waals surface area contributed by atoms with Gasteiger partial charge in [0.2, 0.25) is 0 Å². The number of ketones is 1. The van der Waals surface area contributed by atoms with E-state index in [1.54, 1.807) is 0 Å². The van der Waals surface area contributed by atoms with E-state index in [-0.39, 0.29) is 12.1 Å². The predicted octanol–water partition coefficient (Wildman–Crippen LogP) is 6.73. The second-order valence-corrected chi connectivity index (χ2v) is 10.9. The second-order valence-electron chi connectivity index (χ2n) is 10.9. The average molecular weight is 485 g/mol. The van der Waals surface area contributed by atoms with E-state index in [9.17, 15) is 4.79 Å². The maximum absolute atomic E-state index is 15.0. The van der Waals surface area contributed by atoms with Gasteiger partial charge in [0.15, 0.2) is 5.78 Å². The average Bonchev–Trinajstić information content (AvgIpc) is 3.80. The van der Waals surface area contributed by atoms with Crippen molar-refractivity contribution in [2.45, 2.75) is 55.5 Å². The summed E-state index contributed by atoms with van der Waals surface area (Å²) < 4.78 is 0. The van der Waals surface area contributed by atoms with Crippen molar-refractivity contribution in [1.82, 2.24) is 9.80 Å². The highest BCUT2D eigenvalue weighted by molar-refractivity contribution is 6.04. The number of carbonyl (C=O) groups excluding carboxylic acids is 1. The molecular weight excluding hydrogens is 452 g/mol. The molecular formula is C34H32N2O. The minimum atomic E-state index is -0.437. The normalized spacial score (nSPS) is 31.9. The molecule has 3 heteroatoms. The first-order valence-corrected chi connectivity index (χ1v) is 13.5. The van der Waals surface area contributed by atoms with Crippen LogP contribution in [0.1, 0.15) is 53.6 Å². The summed E-state index contributed by atoms with van der Waals surface area (Å²) in [6.45, 7) is 1.60. The summed E-state index contributed by atoms with van der Waals surface area (Å²) in [5, 5.41) is 0. The molecule has 3 fully saturated rings. The summed E-state index contributed by atoms with van der Waals surface area (Å²) in [6.07, 6.45) is 2.93. The number of rotatable bonds is 6. The van der Waals surface area contributed by atoms with Gasteiger partial charge in [-0.05, 0) is 41.5 Å². The first-order chi connectivity index (χ1) is 18.2. The Morgan fingerprint density at radius 2 is 0.892 bits per heavy atom. The number of Topliss-reactive ketones (excluding diaryl/α,β-unsaturated/α-hetero) is 1. The van der Waals surface area contributed by atoms with Crippen LogP contribution in [0.4, 0.5) is 0 Å². The lowest BCUT2D eigenvalue weighted by Crippen LogP contribution is -2.47. The molecule has 4 aromatic rings. The Labute approximate surface area is 219 Å². The van der Waals surface area contributed by atoms with Crippen LogP contribution in [0.15, 0.2) is 121 Å². The molecule has 1 saturated carbocycles. The van der Waals surface area contributed by atoms with Gasteiger partial charge in [-0.2, -0.15) is 0 Å². The largest absolute Gasteiger partial charge is 0.295 e. The van der Waals surface area contributed by atoms with Crippen LogP contribution < -0.4 is 0 Å². The van der Waals surface area contributed by atoms with Crippen LogP contribution in [0.25, 0.3) is 0 Å². The van der Waals surface area contributed by atoms with Crippen LogP contribution in [0.3, 0.4) is 0 Å². The van der Waals surface area contributed by atoms with Gasteiger partial charge in [-0.1, -0.05) is 121 Å². The van der Waals surface area contributed by atoms with Crippen LogP contribution in [0.5, 0.6) is 0 Å². The minimum Gasteiger partial charge on any atom is -0.295 e. The highest BCUT2D eigenvalue weighted by atomic mass is 16.1. The van der Waals surface area contributed by atoms with E-state index in [1.165, 1.54) is 22.3 Å². The lowest BCUT2D eigenvalue weighted by atomic mass is 9.73. The van der Waals surface area contributed by atoms with Crippen LogP contribution >= 0.6 is 0 Å². The van der Waals surface area contributed by atoms with Gasteiger partial charge in [0.05, 0.1) is 12.1 Å². The number of nitrogens with zero attached hydrogens (tertiary/aromatic N) is 2. The van der Waals surface area contributed by atoms with Crippen LogP contribution in [0, 0.1) is 0 Å². The topological polar surface area (TPSA) is 23.1 Å². The fourth-order valence-corrected chi connectivity index (χ4v) is 7.29. The lowest BCUT2D eigenvalue weighted by Gasteiger charge is -2.30. The van der Waals surface area contributed by atoms with Crippen molar-refractivity contribution in [3.63, 3.8) is 0 Å². The molecule has 184 valence electrons. The molecule has 6 atom stereocenters. The van der Waals surface area contributed by atoms with Gasteiger partial charge < -0.3 is 0 Å². The summed E-state index contributed by atoms with van der Waals surface area (Å²) in [5.74, 6) is 0.431. The molecule has 0 radical (unpaired) electrons. The maximum Gasteiger partial charge on any atom is 0.177 e. The lowest BCUT2D eigenvalue weighted by molar-refractivity contribution is -0.128. The number of carbonyl (C=O) groups is 1. The third-order valence-electron chi connectivity index (χ3n) is 8.94. The summed E-state index contributed by atoms with van der Waals surface area (Å²) in [6, 6.07) is 42.9. The van der Waals surface area contributed by atoms with Crippen molar-refractivity contribution in [2.24, 2.45) is 0 Å². The SMILES string of the molecule is O=C1C2(CCCC13C(c1ccccc1)N3Cc1ccccc1)C(c1ccccc1)N2Cc1ccccc1. The molecule has 3 nitrogen and oxygen atoms in total. The third-order valence-corrected chi connectivity index (χ3v) is 8.94. The first kappa shape index (κ1) is 22.7. The Balaban J connectivity index is 1.29. The zero-order valence-electron chi connectivity index (χ0n) is 21.0. The highest BCUT2D eigenvalue weighted by Gasteiger charge is 2.79. The minimum absolute atomic E-state index is 0.133. The third kappa shape index (κ3) is 3.53. The fourth-order valence-electron chi connectivity index (χ4n) is 7.29. The van der Waals surface area contributed by atoms with Gasteiger partial charge in [0.25, 0.3) is 0 Å². The molecule has 37 heavy (non-hydrogen) atoms. The second kappa shape index (κ2) is 8.79. The highest BCUT2D eigenvalue weighted by Crippen LogP contribution is 2.69. The van der Waals surface area contributed by atoms with Crippen molar-refractivity contribution in [3.8, 4) is 0 Å². The Morgan fingerprint density at radius 3 is 1.27 bits per heavy atom. The molecule has 2 heterocycles. The van der Waals surface area contributed by atoms with Gasteiger partial charge >= 0.3 is 0 Å². The zero-order chi connectivity index (χ0) is 24.9. The van der Waals surface area contributed by atoms with Crippen molar-refractivity contribution >= 4 is 5.78 Å². The zero-order valence-corrected chi connectivity index (χ0v) is 21.0. The maximum atomic E-state index is 15.0. The Morgan fingerprint density at radius 1 is 0.541 bits per heavy atom. The summed E-state index contributed by atoms with van der Waals surface area (Å²) in [7, 11) is 0. The van der Waals surface area contributed by atoms with Crippen molar-refractivity contribution in [3.05, 3.63) is 144 Å². The Bertz CT molecular complexity index is 1280. The summed E-state index contributed by atoms with van der Waals surface area (Å²) >= 11 is 0. The molecule has 2 saturated heterocycles. The van der Waals surface area contributed by atoms with Gasteiger partial charge in [-0.25, -0.2) is 0 Å². The molecule has 6 unspecified atom stereocenters. The molecule has 3 aliphatic rings. The molecule has 0 aromatic heterocycles. The molecule has 4 aromatic carbocycles. The van der Waals surface area contributed by atoms with Crippen molar-refractivity contribution < 1.29 is 4.79 Å². The van der Waals surface area contributed by atoms with E-state index in [1.807, 2.05) is 0 Å². The van der Waals surface area contributed by atoms with Gasteiger partial charge in [-0.15, -0.1) is 0 Å². The van der Waals surface area contributed by atoms with E-state index in [4.69, 9.17) is 0 Å². The standard InChI is InChI=1S/C34H32N2O/c37-32-33(30(28-18-9-3-10-19-28)35(33)24-26-14-5-1-6-15-26)22-13-23-34(32)31(29-20-11-4-12-21-29)36(34)25-27-16-7-2-8-17-27/h1-12,14-21,30-31H,13,22-25H2. The van der Waals surface area contributed by atoms with Gasteiger partial charge in [-0.3, -0.25) is 14.6 Å². The quantitative estimate of drug-likeness (QED) is 0.283. The number of benzene rings is 4. The molecule has 1 aliphatic carbocycles. The van der Waals surface area contributed by atoms with Crippen LogP contribution in [-0.4, -0.2) is 26.7 Å². The summed E-state index contributed by atoms with van der Waals surface area (Å²) in [5.41, 5.74) is 4.18. The molecule has 0 N–H and O–H groups in total. The molecule has 7 rings (SSSR count). The first-order valence-electron chi connectivity index (χ1n) is 13.5. The predicted molar refractivity (Wildman–Crippen MR) is 147 cm³/mol. The van der Waals surface area contributed by atoms with Crippen molar-refractivity contribution in [1.29, 1.82) is 0 Å². The number of hydrogen-bond donors (Lipinski definition) is 0. The van der Waals surface area contributed by atoms with E-state index in [0.29, 0.717) is 5.78 Å². The Kier molecular flexibility index (Phi) is 5.38. The number of hydrogen-bond acceptors (Lipinski definition) is 3. The van der Waals surface area contributed by atoms with Gasteiger partial charge in [0.1, 0.15) is 11.1 Å². The molecule has 0 bridgehead atoms. The van der Waals surface area contributed by atoms with E-state index >= 15 is 0 Å². The fraction of sp³-hybridized carbons (Fsp3) is 0.265. The van der Waals surface area contributed by atoms with E-state index < -0.39 is 11.1 Å². The molecule has 2 aliphatic heterocycles. The van der Waals surface area contributed by atoms with E-state index in [0.717, 1.165) is 32.4 Å². The summed E-state index contributed by atoms with van der Waals surface area (Å²) in [4.78, 5) is 20.0. The van der Waals surface area contributed by atoms with Crippen LogP contribution in [-0.2, 0) is 17.9 Å². The van der Waals surface area contributed by atoms with Crippen LogP contribution in [0.2, 0.25) is 0 Å². The molecule has 0 amide bonds. The van der Waals surface area contributed by atoms with Gasteiger partial charge in [0, 0.05) is 13.1 Å². The Hall–Kier alpha value is -3.53.